The molecule has 0 saturated carbocycles. The van der Waals surface area contributed by atoms with Crippen LogP contribution in [0.25, 0.3) is 11.1 Å². The standard InChI is InChI=1S/C15H15NO.C12H17NO2/c1-11(17)14-9-8-13(10-15(14)16-2)12-6-4-3-5-7-12;1-3-7-13(4-2)11-6-5-10(9-14)12(15)8-11/h3-10,16H,1-2H3;5-6,8-9,15H,3-4,7H2,1-2H3. The second-order valence-electron chi connectivity index (χ2n) is 7.37. The number of rotatable bonds is 8. The van der Waals surface area contributed by atoms with Crippen molar-refractivity contribution < 1.29 is 14.7 Å². The van der Waals surface area contributed by atoms with Crippen LogP contribution in [0.3, 0.4) is 0 Å². The number of ketones is 1. The van der Waals surface area contributed by atoms with Crippen molar-refractivity contribution in [1.82, 2.24) is 0 Å². The predicted octanol–water partition coefficient (Wildman–Crippen LogP) is 6.04. The summed E-state index contributed by atoms with van der Waals surface area (Å²) in [4.78, 5) is 24.1. The van der Waals surface area contributed by atoms with Crippen molar-refractivity contribution >= 4 is 23.4 Å². The molecule has 0 aliphatic carbocycles. The van der Waals surface area contributed by atoms with E-state index in [9.17, 15) is 14.7 Å². The Morgan fingerprint density at radius 3 is 2.25 bits per heavy atom. The number of Topliss-reactive ketones (excluding diaryl/α,β-unsaturated/α-hetero) is 1. The first-order chi connectivity index (χ1) is 15.4. The molecule has 0 aliphatic heterocycles. The molecule has 3 rings (SSSR count). The maximum absolute atomic E-state index is 11.4. The molecule has 0 aromatic heterocycles. The molecule has 0 aliphatic rings. The minimum atomic E-state index is 0.0528. The first-order valence-corrected chi connectivity index (χ1v) is 10.9. The molecular weight excluding hydrogens is 400 g/mol. The first-order valence-electron chi connectivity index (χ1n) is 10.9. The lowest BCUT2D eigenvalue weighted by Crippen LogP contribution is -2.23. The largest absolute Gasteiger partial charge is 0.507 e. The Labute approximate surface area is 190 Å². The summed E-state index contributed by atoms with van der Waals surface area (Å²) in [5.41, 5.74) is 5.17. The number of phenolic OH excluding ortho intramolecular Hbond substituents is 1. The number of carbonyl (C=O) groups excluding carboxylic acids is 2. The van der Waals surface area contributed by atoms with Gasteiger partial charge in [0.1, 0.15) is 5.75 Å². The van der Waals surface area contributed by atoms with Gasteiger partial charge in [0.05, 0.1) is 5.56 Å². The van der Waals surface area contributed by atoms with Gasteiger partial charge in [0, 0.05) is 43.1 Å². The van der Waals surface area contributed by atoms with Crippen LogP contribution in [-0.4, -0.2) is 37.3 Å². The Bertz CT molecular complexity index is 1030. The number of hydrogen-bond donors (Lipinski definition) is 2. The topological polar surface area (TPSA) is 69.6 Å². The summed E-state index contributed by atoms with van der Waals surface area (Å²) in [7, 11) is 1.83. The van der Waals surface area contributed by atoms with E-state index in [1.165, 1.54) is 0 Å². The third-order valence-electron chi connectivity index (χ3n) is 5.16. The average molecular weight is 433 g/mol. The van der Waals surface area contributed by atoms with Crippen molar-refractivity contribution in [2.75, 3.05) is 30.4 Å². The maximum Gasteiger partial charge on any atom is 0.161 e. The number of carbonyl (C=O) groups is 2. The van der Waals surface area contributed by atoms with Gasteiger partial charge in [0.15, 0.2) is 12.1 Å². The highest BCUT2D eigenvalue weighted by Crippen LogP contribution is 2.26. The van der Waals surface area contributed by atoms with E-state index in [1.54, 1.807) is 19.1 Å². The van der Waals surface area contributed by atoms with Crippen molar-refractivity contribution in [2.24, 2.45) is 0 Å². The zero-order valence-electron chi connectivity index (χ0n) is 19.3. The molecule has 0 fully saturated rings. The molecule has 0 bridgehead atoms. The lowest BCUT2D eigenvalue weighted by molar-refractivity contribution is 0.101. The Balaban J connectivity index is 0.000000229. The van der Waals surface area contributed by atoms with Crippen LogP contribution in [0.5, 0.6) is 5.75 Å². The van der Waals surface area contributed by atoms with Crippen molar-refractivity contribution in [1.29, 1.82) is 0 Å². The molecule has 0 atom stereocenters. The van der Waals surface area contributed by atoms with Gasteiger partial charge in [-0.1, -0.05) is 43.3 Å². The summed E-state index contributed by atoms with van der Waals surface area (Å²) in [5.74, 6) is 0.131. The van der Waals surface area contributed by atoms with Gasteiger partial charge in [0.2, 0.25) is 0 Å². The van der Waals surface area contributed by atoms with E-state index in [0.717, 1.165) is 47.6 Å². The van der Waals surface area contributed by atoms with Gasteiger partial charge in [-0.25, -0.2) is 0 Å². The summed E-state index contributed by atoms with van der Waals surface area (Å²) >= 11 is 0. The van der Waals surface area contributed by atoms with Crippen LogP contribution in [-0.2, 0) is 0 Å². The molecule has 3 aromatic rings. The summed E-state index contributed by atoms with van der Waals surface area (Å²) in [6.45, 7) is 7.62. The van der Waals surface area contributed by atoms with Crippen molar-refractivity contribution in [3.63, 3.8) is 0 Å². The smallest absolute Gasteiger partial charge is 0.161 e. The molecule has 2 N–H and O–H groups in total. The molecule has 3 aromatic carbocycles. The van der Waals surface area contributed by atoms with Gasteiger partial charge in [0.25, 0.3) is 0 Å². The van der Waals surface area contributed by atoms with Gasteiger partial charge in [-0.15, -0.1) is 0 Å². The number of hydrogen-bond acceptors (Lipinski definition) is 5. The molecule has 32 heavy (non-hydrogen) atoms. The molecule has 0 saturated heterocycles. The van der Waals surface area contributed by atoms with E-state index >= 15 is 0 Å². The number of phenols is 1. The lowest BCUT2D eigenvalue weighted by atomic mass is 10.0. The van der Waals surface area contributed by atoms with Crippen LogP contribution in [0.1, 0.15) is 47.9 Å². The Morgan fingerprint density at radius 2 is 1.72 bits per heavy atom. The lowest BCUT2D eigenvalue weighted by Gasteiger charge is -2.22. The SMILES string of the molecule is CCCN(CC)c1ccc(C=O)c(O)c1.CNc1cc(-c2ccccc2)ccc1C(C)=O. The maximum atomic E-state index is 11.4. The van der Waals surface area contributed by atoms with Crippen molar-refractivity contribution in [3.8, 4) is 16.9 Å². The first kappa shape index (κ1) is 24.7. The molecule has 0 radical (unpaired) electrons. The van der Waals surface area contributed by atoms with Gasteiger partial charge in [-0.3, -0.25) is 9.59 Å². The van der Waals surface area contributed by atoms with E-state index in [-0.39, 0.29) is 11.5 Å². The van der Waals surface area contributed by atoms with Gasteiger partial charge in [-0.2, -0.15) is 0 Å². The van der Waals surface area contributed by atoms with Crippen LogP contribution >= 0.6 is 0 Å². The minimum absolute atomic E-state index is 0.0528. The summed E-state index contributed by atoms with van der Waals surface area (Å²) < 4.78 is 0. The van der Waals surface area contributed by atoms with Crippen LogP contribution < -0.4 is 10.2 Å². The fourth-order valence-electron chi connectivity index (χ4n) is 3.44. The Kier molecular flexibility index (Phi) is 9.48. The Hall–Kier alpha value is -3.60. The third-order valence-corrected chi connectivity index (χ3v) is 5.16. The average Bonchev–Trinajstić information content (AvgIpc) is 2.83. The summed E-state index contributed by atoms with van der Waals surface area (Å²) in [6.07, 6.45) is 1.72. The number of aldehydes is 1. The molecule has 0 unspecified atom stereocenters. The minimum Gasteiger partial charge on any atom is -0.507 e. The van der Waals surface area contributed by atoms with Gasteiger partial charge < -0.3 is 15.3 Å². The quantitative estimate of drug-likeness (QED) is 0.335. The third kappa shape index (κ3) is 6.45. The molecule has 5 heteroatoms. The molecule has 0 amide bonds. The highest BCUT2D eigenvalue weighted by Gasteiger charge is 2.08. The Morgan fingerprint density at radius 1 is 1.00 bits per heavy atom. The van der Waals surface area contributed by atoms with Gasteiger partial charge >= 0.3 is 0 Å². The fourth-order valence-corrected chi connectivity index (χ4v) is 3.44. The van der Waals surface area contributed by atoms with E-state index in [2.05, 4.69) is 36.2 Å². The van der Waals surface area contributed by atoms with E-state index in [0.29, 0.717) is 11.8 Å². The zero-order chi connectivity index (χ0) is 23.5. The van der Waals surface area contributed by atoms with E-state index < -0.39 is 0 Å². The highest BCUT2D eigenvalue weighted by atomic mass is 16.3. The number of anilines is 2. The van der Waals surface area contributed by atoms with Crippen LogP contribution in [0.15, 0.2) is 66.7 Å². The normalized spacial score (nSPS) is 10.0. The van der Waals surface area contributed by atoms with Gasteiger partial charge in [-0.05, 0) is 55.7 Å². The highest BCUT2D eigenvalue weighted by molar-refractivity contribution is 6.00. The van der Waals surface area contributed by atoms with Crippen molar-refractivity contribution in [3.05, 3.63) is 77.9 Å². The number of nitrogens with zero attached hydrogens (tertiary/aromatic N) is 1. The molecule has 0 heterocycles. The van der Waals surface area contributed by atoms with Crippen LogP contribution in [0.2, 0.25) is 0 Å². The monoisotopic (exact) mass is 432 g/mol. The second kappa shape index (κ2) is 12.3. The van der Waals surface area contributed by atoms with E-state index in [1.807, 2.05) is 49.5 Å². The molecular formula is C27H32N2O3. The van der Waals surface area contributed by atoms with Crippen LogP contribution in [0.4, 0.5) is 11.4 Å². The van der Waals surface area contributed by atoms with E-state index in [4.69, 9.17) is 0 Å². The number of benzene rings is 3. The molecule has 5 nitrogen and oxygen atoms in total. The van der Waals surface area contributed by atoms with Crippen LogP contribution in [0, 0.1) is 0 Å². The predicted molar refractivity (Wildman–Crippen MR) is 133 cm³/mol. The second-order valence-corrected chi connectivity index (χ2v) is 7.37. The molecule has 168 valence electrons. The zero-order valence-corrected chi connectivity index (χ0v) is 19.3. The number of aromatic hydroxyl groups is 1. The molecule has 0 spiro atoms. The fraction of sp³-hybridized carbons (Fsp3) is 0.259. The van der Waals surface area contributed by atoms with Crippen molar-refractivity contribution in [2.45, 2.75) is 27.2 Å². The summed E-state index contributed by atoms with van der Waals surface area (Å²) in [5, 5.41) is 12.6. The summed E-state index contributed by atoms with van der Waals surface area (Å²) in [6, 6.07) is 21.1. The number of nitrogens with one attached hydrogen (secondary N) is 1.